The predicted octanol–water partition coefficient (Wildman–Crippen LogP) is 6.42. The van der Waals surface area contributed by atoms with Crippen molar-refractivity contribution in [3.63, 3.8) is 0 Å². The Labute approximate surface area is 169 Å². The lowest BCUT2D eigenvalue weighted by atomic mass is 9.84. The molecular formula is C22H15BrN2OS. The highest BCUT2D eigenvalue weighted by Crippen LogP contribution is 2.53. The van der Waals surface area contributed by atoms with Gasteiger partial charge in [-0.05, 0) is 66.1 Å². The van der Waals surface area contributed by atoms with Crippen LogP contribution in [-0.2, 0) is 6.42 Å². The van der Waals surface area contributed by atoms with E-state index in [0.717, 1.165) is 33.9 Å². The van der Waals surface area contributed by atoms with Crippen LogP contribution in [0.3, 0.4) is 0 Å². The SMILES string of the molecule is Brc1ccc2c(c1)SC1=NC3=C(CCc4ccccc43)C(c3ccco3)N12. The third kappa shape index (κ3) is 2.31. The first kappa shape index (κ1) is 15.8. The van der Waals surface area contributed by atoms with Gasteiger partial charge in [-0.2, -0.15) is 0 Å². The van der Waals surface area contributed by atoms with Crippen molar-refractivity contribution in [2.24, 2.45) is 4.99 Å². The molecule has 1 atom stereocenters. The number of hydrogen-bond donors (Lipinski definition) is 0. The fourth-order valence-electron chi connectivity index (χ4n) is 4.27. The van der Waals surface area contributed by atoms with Gasteiger partial charge < -0.3 is 9.32 Å². The van der Waals surface area contributed by atoms with Gasteiger partial charge in [0.05, 0.1) is 17.6 Å². The molecule has 1 aromatic heterocycles. The zero-order valence-electron chi connectivity index (χ0n) is 14.4. The van der Waals surface area contributed by atoms with Crippen LogP contribution in [-0.4, -0.2) is 5.17 Å². The van der Waals surface area contributed by atoms with Crippen LogP contribution in [0.2, 0.25) is 0 Å². The van der Waals surface area contributed by atoms with Crippen molar-refractivity contribution in [1.29, 1.82) is 0 Å². The van der Waals surface area contributed by atoms with E-state index in [0.29, 0.717) is 0 Å². The molecular weight excluding hydrogens is 420 g/mol. The molecule has 2 aromatic carbocycles. The minimum atomic E-state index is 0.0609. The van der Waals surface area contributed by atoms with Crippen LogP contribution in [0, 0.1) is 0 Å². The molecule has 3 aliphatic rings. The van der Waals surface area contributed by atoms with Gasteiger partial charge in [0.15, 0.2) is 5.17 Å². The van der Waals surface area contributed by atoms with Crippen molar-refractivity contribution in [1.82, 2.24) is 0 Å². The number of thioether (sulfide) groups is 1. The smallest absolute Gasteiger partial charge is 0.174 e. The molecule has 6 rings (SSSR count). The Morgan fingerprint density at radius 1 is 1.07 bits per heavy atom. The standard InChI is InChI=1S/C22H15BrN2OS/c23-14-8-10-17-19(12-14)27-22-24-20-15-5-2-1-4-13(15)7-9-16(20)21(25(17)22)18-6-3-11-26-18/h1-6,8,10-12,21H,7,9H2. The summed E-state index contributed by atoms with van der Waals surface area (Å²) in [5.74, 6) is 0.977. The summed E-state index contributed by atoms with van der Waals surface area (Å²) in [6, 6.07) is 19.2. The van der Waals surface area contributed by atoms with E-state index in [1.165, 1.54) is 27.3 Å². The maximum atomic E-state index is 5.91. The molecule has 0 saturated heterocycles. The Kier molecular flexibility index (Phi) is 3.44. The Bertz CT molecular complexity index is 1130. The van der Waals surface area contributed by atoms with Crippen molar-refractivity contribution in [2.45, 2.75) is 23.8 Å². The lowest BCUT2D eigenvalue weighted by molar-refractivity contribution is 0.480. The third-order valence-electron chi connectivity index (χ3n) is 5.44. The minimum Gasteiger partial charge on any atom is -0.467 e. The lowest BCUT2D eigenvalue weighted by Crippen LogP contribution is -2.35. The van der Waals surface area contributed by atoms with Crippen molar-refractivity contribution >= 4 is 44.2 Å². The van der Waals surface area contributed by atoms with E-state index in [4.69, 9.17) is 9.41 Å². The molecule has 1 unspecified atom stereocenters. The molecule has 3 aromatic rings. The number of anilines is 1. The number of benzene rings is 2. The minimum absolute atomic E-state index is 0.0609. The van der Waals surface area contributed by atoms with Crippen LogP contribution in [0.1, 0.15) is 29.3 Å². The normalized spacial score (nSPS) is 20.0. The van der Waals surface area contributed by atoms with Crippen molar-refractivity contribution < 1.29 is 4.42 Å². The number of aryl methyl sites for hydroxylation is 1. The molecule has 0 fully saturated rings. The molecule has 1 aliphatic carbocycles. The maximum absolute atomic E-state index is 5.91. The van der Waals surface area contributed by atoms with Gasteiger partial charge in [0, 0.05) is 14.9 Å². The van der Waals surface area contributed by atoms with Crippen LogP contribution >= 0.6 is 27.7 Å². The highest BCUT2D eigenvalue weighted by atomic mass is 79.9. The number of nitrogens with zero attached hydrogens (tertiary/aromatic N) is 2. The van der Waals surface area contributed by atoms with Gasteiger partial charge >= 0.3 is 0 Å². The molecule has 0 saturated carbocycles. The van der Waals surface area contributed by atoms with Crippen LogP contribution in [0.5, 0.6) is 0 Å². The molecule has 2 aliphatic heterocycles. The van der Waals surface area contributed by atoms with Crippen LogP contribution in [0.15, 0.2) is 85.2 Å². The molecule has 0 bridgehead atoms. The van der Waals surface area contributed by atoms with Gasteiger partial charge in [0.1, 0.15) is 11.8 Å². The van der Waals surface area contributed by atoms with E-state index in [1.54, 1.807) is 18.0 Å². The van der Waals surface area contributed by atoms with Gasteiger partial charge in [0.2, 0.25) is 0 Å². The van der Waals surface area contributed by atoms with Gasteiger partial charge in [-0.1, -0.05) is 40.2 Å². The Morgan fingerprint density at radius 2 is 2.00 bits per heavy atom. The molecule has 0 N–H and O–H groups in total. The van der Waals surface area contributed by atoms with Crippen molar-refractivity contribution in [2.75, 3.05) is 4.90 Å². The first-order chi connectivity index (χ1) is 13.3. The zero-order chi connectivity index (χ0) is 18.0. The Balaban J connectivity index is 1.60. The first-order valence-electron chi connectivity index (χ1n) is 8.99. The summed E-state index contributed by atoms with van der Waals surface area (Å²) in [6.07, 6.45) is 3.82. The van der Waals surface area contributed by atoms with Crippen molar-refractivity contribution in [3.05, 3.63) is 87.8 Å². The fourth-order valence-corrected chi connectivity index (χ4v) is 5.88. The summed E-state index contributed by atoms with van der Waals surface area (Å²) in [5.41, 5.74) is 6.33. The van der Waals surface area contributed by atoms with E-state index in [2.05, 4.69) is 69.4 Å². The summed E-state index contributed by atoms with van der Waals surface area (Å²) in [6.45, 7) is 0. The summed E-state index contributed by atoms with van der Waals surface area (Å²) in [7, 11) is 0. The maximum Gasteiger partial charge on any atom is 0.174 e. The lowest BCUT2D eigenvalue weighted by Gasteiger charge is -2.37. The fraction of sp³-hybridized carbons (Fsp3) is 0.136. The zero-order valence-corrected chi connectivity index (χ0v) is 16.8. The van der Waals surface area contributed by atoms with E-state index in [9.17, 15) is 0 Å². The van der Waals surface area contributed by atoms with E-state index < -0.39 is 0 Å². The van der Waals surface area contributed by atoms with Crippen LogP contribution < -0.4 is 4.90 Å². The molecule has 3 nitrogen and oxygen atoms in total. The average molecular weight is 435 g/mol. The molecule has 0 radical (unpaired) electrons. The Hall–Kier alpha value is -2.24. The van der Waals surface area contributed by atoms with Gasteiger partial charge in [0.25, 0.3) is 0 Å². The van der Waals surface area contributed by atoms with Gasteiger partial charge in [-0.3, -0.25) is 0 Å². The highest BCUT2D eigenvalue weighted by Gasteiger charge is 2.42. The number of rotatable bonds is 1. The summed E-state index contributed by atoms with van der Waals surface area (Å²) in [5, 5.41) is 1.03. The number of halogens is 1. The van der Waals surface area contributed by atoms with E-state index >= 15 is 0 Å². The second-order valence-electron chi connectivity index (χ2n) is 6.93. The average Bonchev–Trinajstić information content (AvgIpc) is 3.33. The second-order valence-corrected chi connectivity index (χ2v) is 8.85. The van der Waals surface area contributed by atoms with Crippen molar-refractivity contribution in [3.8, 4) is 0 Å². The second kappa shape index (κ2) is 5.88. The van der Waals surface area contributed by atoms with Crippen LogP contribution in [0.25, 0.3) is 5.70 Å². The molecule has 27 heavy (non-hydrogen) atoms. The number of furan rings is 1. The Morgan fingerprint density at radius 3 is 2.89 bits per heavy atom. The number of fused-ring (bicyclic) bond motifs is 5. The number of aliphatic imine (C=N–C) groups is 1. The first-order valence-corrected chi connectivity index (χ1v) is 10.6. The quantitative estimate of drug-likeness (QED) is 0.442. The molecule has 3 heterocycles. The van der Waals surface area contributed by atoms with Crippen LogP contribution in [0.4, 0.5) is 5.69 Å². The highest BCUT2D eigenvalue weighted by molar-refractivity contribution is 9.10. The molecule has 0 amide bonds. The topological polar surface area (TPSA) is 28.7 Å². The predicted molar refractivity (Wildman–Crippen MR) is 113 cm³/mol. The largest absolute Gasteiger partial charge is 0.467 e. The number of hydrogen-bond acceptors (Lipinski definition) is 4. The summed E-state index contributed by atoms with van der Waals surface area (Å²) >= 11 is 5.34. The van der Waals surface area contributed by atoms with Gasteiger partial charge in [-0.25, -0.2) is 4.99 Å². The van der Waals surface area contributed by atoms with E-state index in [-0.39, 0.29) is 6.04 Å². The summed E-state index contributed by atoms with van der Waals surface area (Å²) < 4.78 is 7.00. The van der Waals surface area contributed by atoms with Gasteiger partial charge in [-0.15, -0.1) is 0 Å². The van der Waals surface area contributed by atoms with E-state index in [1.807, 2.05) is 6.07 Å². The number of amidine groups is 1. The summed E-state index contributed by atoms with van der Waals surface area (Å²) in [4.78, 5) is 8.71. The molecule has 0 spiro atoms. The molecule has 5 heteroatoms. The molecule has 132 valence electrons. The third-order valence-corrected chi connectivity index (χ3v) is 6.95. The monoisotopic (exact) mass is 434 g/mol.